The molecule has 0 saturated heterocycles. The van der Waals surface area contributed by atoms with Crippen LogP contribution in [0.1, 0.15) is 29.3 Å². The number of amides is 1. The lowest BCUT2D eigenvalue weighted by Gasteiger charge is -2.05. The second-order valence-electron chi connectivity index (χ2n) is 4.30. The van der Waals surface area contributed by atoms with E-state index in [9.17, 15) is 4.79 Å². The van der Waals surface area contributed by atoms with Gasteiger partial charge in [0.05, 0.1) is 5.56 Å². The Labute approximate surface area is 101 Å². The number of carbonyl (C=O) groups is 1. The first-order valence-electron chi connectivity index (χ1n) is 5.72. The average Bonchev–Trinajstić information content (AvgIpc) is 3.02. The maximum atomic E-state index is 12.0. The molecule has 3 heteroatoms. The van der Waals surface area contributed by atoms with E-state index in [2.05, 4.69) is 24.1 Å². The summed E-state index contributed by atoms with van der Waals surface area (Å²) in [5.41, 5.74) is 1.24. The van der Waals surface area contributed by atoms with Gasteiger partial charge < -0.3 is 10.4 Å². The molecule has 1 amide bonds. The zero-order valence-corrected chi connectivity index (χ0v) is 9.73. The van der Waals surface area contributed by atoms with Gasteiger partial charge in [0.15, 0.2) is 0 Å². The van der Waals surface area contributed by atoms with Crippen LogP contribution in [0.5, 0.6) is 0 Å². The summed E-state index contributed by atoms with van der Waals surface area (Å²) in [6.07, 6.45) is 1.05. The van der Waals surface area contributed by atoms with Crippen LogP contribution in [0, 0.1) is 17.8 Å². The fraction of sp³-hybridized carbons (Fsp3) is 0.357. The van der Waals surface area contributed by atoms with E-state index in [1.807, 2.05) is 12.1 Å². The molecule has 0 spiro atoms. The lowest BCUT2D eigenvalue weighted by Crippen LogP contribution is -2.27. The molecule has 3 nitrogen and oxygen atoms in total. The predicted molar refractivity (Wildman–Crippen MR) is 65.4 cm³/mol. The molecule has 1 fully saturated rings. The number of rotatable bonds is 2. The number of hydrogen-bond donors (Lipinski definition) is 2. The zero-order valence-electron chi connectivity index (χ0n) is 9.73. The molecule has 0 aromatic heterocycles. The molecule has 88 valence electrons. The Morgan fingerprint density at radius 2 is 2.24 bits per heavy atom. The van der Waals surface area contributed by atoms with Crippen molar-refractivity contribution in [2.24, 2.45) is 5.92 Å². The normalized spacial score (nSPS) is 21.3. The number of aliphatic hydroxyl groups is 1. The van der Waals surface area contributed by atoms with Crippen LogP contribution >= 0.6 is 0 Å². The van der Waals surface area contributed by atoms with Crippen LogP contribution in [0.4, 0.5) is 0 Å². The van der Waals surface area contributed by atoms with Gasteiger partial charge in [0.2, 0.25) is 0 Å². The fourth-order valence-corrected chi connectivity index (χ4v) is 1.69. The maximum Gasteiger partial charge on any atom is 0.252 e. The number of benzene rings is 1. The van der Waals surface area contributed by atoms with Gasteiger partial charge >= 0.3 is 0 Å². The molecule has 1 aliphatic carbocycles. The number of hydrogen-bond acceptors (Lipinski definition) is 2. The van der Waals surface area contributed by atoms with Crippen molar-refractivity contribution in [2.45, 2.75) is 19.4 Å². The molecule has 1 aromatic carbocycles. The molecular weight excluding hydrogens is 214 g/mol. The highest BCUT2D eigenvalue weighted by Crippen LogP contribution is 2.29. The van der Waals surface area contributed by atoms with Crippen molar-refractivity contribution in [1.82, 2.24) is 5.32 Å². The topological polar surface area (TPSA) is 49.3 Å². The summed E-state index contributed by atoms with van der Waals surface area (Å²) in [7, 11) is 0. The van der Waals surface area contributed by atoms with Gasteiger partial charge in [-0.3, -0.25) is 4.79 Å². The smallest absolute Gasteiger partial charge is 0.252 e. The quantitative estimate of drug-likeness (QED) is 0.748. The third-order valence-electron chi connectivity index (χ3n) is 2.90. The minimum Gasteiger partial charge on any atom is -0.384 e. The average molecular weight is 229 g/mol. The molecule has 2 unspecified atom stereocenters. The number of nitrogens with one attached hydrogen (secondary N) is 1. The van der Waals surface area contributed by atoms with Crippen molar-refractivity contribution in [3.05, 3.63) is 35.4 Å². The van der Waals surface area contributed by atoms with Gasteiger partial charge in [-0.1, -0.05) is 30.9 Å². The van der Waals surface area contributed by atoms with Crippen molar-refractivity contribution in [1.29, 1.82) is 0 Å². The minimum absolute atomic E-state index is 0.0813. The van der Waals surface area contributed by atoms with Crippen molar-refractivity contribution < 1.29 is 9.90 Å². The Balaban J connectivity index is 2.16. The lowest BCUT2D eigenvalue weighted by atomic mass is 10.1. The monoisotopic (exact) mass is 229 g/mol. The first kappa shape index (κ1) is 11.7. The van der Waals surface area contributed by atoms with Crippen LogP contribution in [0.25, 0.3) is 0 Å². The Morgan fingerprint density at radius 1 is 1.53 bits per heavy atom. The lowest BCUT2D eigenvalue weighted by molar-refractivity contribution is 0.0949. The molecule has 0 bridgehead atoms. The van der Waals surface area contributed by atoms with Crippen molar-refractivity contribution >= 4 is 5.91 Å². The van der Waals surface area contributed by atoms with Crippen LogP contribution < -0.4 is 5.32 Å². The third-order valence-corrected chi connectivity index (χ3v) is 2.90. The molecule has 1 aromatic rings. The summed E-state index contributed by atoms with van der Waals surface area (Å²) < 4.78 is 0. The van der Waals surface area contributed by atoms with Gasteiger partial charge in [0.1, 0.15) is 6.61 Å². The molecule has 2 N–H and O–H groups in total. The molecule has 1 saturated carbocycles. The largest absolute Gasteiger partial charge is 0.384 e. The summed E-state index contributed by atoms with van der Waals surface area (Å²) >= 11 is 0. The molecule has 0 radical (unpaired) electrons. The van der Waals surface area contributed by atoms with E-state index in [0.29, 0.717) is 23.1 Å². The second-order valence-corrected chi connectivity index (χ2v) is 4.30. The zero-order chi connectivity index (χ0) is 12.3. The molecule has 2 atom stereocenters. The van der Waals surface area contributed by atoms with E-state index in [4.69, 9.17) is 5.11 Å². The Hall–Kier alpha value is -1.79. The number of carbonyl (C=O) groups excluding carboxylic acids is 1. The van der Waals surface area contributed by atoms with Gasteiger partial charge in [-0.15, -0.1) is 0 Å². The maximum absolute atomic E-state index is 12.0. The van der Waals surface area contributed by atoms with Gasteiger partial charge in [-0.25, -0.2) is 0 Å². The molecule has 2 rings (SSSR count). The SMILES string of the molecule is CC1CC1NC(=O)c1ccccc1C#CCO. The highest BCUT2D eigenvalue weighted by atomic mass is 16.2. The van der Waals surface area contributed by atoms with E-state index in [-0.39, 0.29) is 12.5 Å². The highest BCUT2D eigenvalue weighted by Gasteiger charge is 2.34. The van der Waals surface area contributed by atoms with Crippen LogP contribution in [-0.2, 0) is 0 Å². The highest BCUT2D eigenvalue weighted by molar-refractivity contribution is 5.97. The molecular formula is C14H15NO2. The summed E-state index contributed by atoms with van der Waals surface area (Å²) in [6.45, 7) is 1.91. The van der Waals surface area contributed by atoms with Gasteiger partial charge in [-0.2, -0.15) is 0 Å². The Morgan fingerprint density at radius 3 is 2.88 bits per heavy atom. The standard InChI is InChI=1S/C14H15NO2/c1-10-9-13(10)15-14(17)12-7-3-2-5-11(12)6-4-8-16/h2-3,5,7,10,13,16H,8-9H2,1H3,(H,15,17). The van der Waals surface area contributed by atoms with Crippen LogP contribution in [-0.4, -0.2) is 23.7 Å². The molecule has 0 heterocycles. The first-order valence-corrected chi connectivity index (χ1v) is 5.72. The Kier molecular flexibility index (Phi) is 3.46. The van der Waals surface area contributed by atoms with E-state index in [0.717, 1.165) is 6.42 Å². The summed E-state index contributed by atoms with van der Waals surface area (Å²) in [5.74, 6) is 5.85. The van der Waals surface area contributed by atoms with Crippen LogP contribution in [0.3, 0.4) is 0 Å². The van der Waals surface area contributed by atoms with Crippen LogP contribution in [0.15, 0.2) is 24.3 Å². The number of aliphatic hydroxyl groups excluding tert-OH is 1. The fourth-order valence-electron chi connectivity index (χ4n) is 1.69. The van der Waals surface area contributed by atoms with Gasteiger partial charge in [0.25, 0.3) is 5.91 Å². The van der Waals surface area contributed by atoms with Crippen molar-refractivity contribution in [3.8, 4) is 11.8 Å². The predicted octanol–water partition coefficient (Wildman–Crippen LogP) is 1.17. The molecule has 1 aliphatic rings. The first-order chi connectivity index (χ1) is 8.22. The van der Waals surface area contributed by atoms with Gasteiger partial charge in [0, 0.05) is 11.6 Å². The second kappa shape index (κ2) is 5.03. The Bertz CT molecular complexity index is 484. The van der Waals surface area contributed by atoms with Crippen LogP contribution in [0.2, 0.25) is 0 Å². The van der Waals surface area contributed by atoms with E-state index < -0.39 is 0 Å². The van der Waals surface area contributed by atoms with E-state index >= 15 is 0 Å². The summed E-state index contributed by atoms with van der Waals surface area (Å²) in [5, 5.41) is 11.6. The molecule has 0 aliphatic heterocycles. The van der Waals surface area contributed by atoms with E-state index in [1.165, 1.54) is 0 Å². The third kappa shape index (κ3) is 2.86. The van der Waals surface area contributed by atoms with E-state index in [1.54, 1.807) is 12.1 Å². The molecule has 17 heavy (non-hydrogen) atoms. The summed E-state index contributed by atoms with van der Waals surface area (Å²) in [4.78, 5) is 12.0. The minimum atomic E-state index is -0.199. The van der Waals surface area contributed by atoms with Gasteiger partial charge in [-0.05, 0) is 24.5 Å². The van der Waals surface area contributed by atoms with Crippen molar-refractivity contribution in [3.63, 3.8) is 0 Å². The summed E-state index contributed by atoms with van der Waals surface area (Å²) in [6, 6.07) is 7.49. The van der Waals surface area contributed by atoms with Crippen molar-refractivity contribution in [2.75, 3.05) is 6.61 Å².